The highest BCUT2D eigenvalue weighted by atomic mass is 35.5. The number of nitrogens with one attached hydrogen (secondary N) is 1. The van der Waals surface area contributed by atoms with Gasteiger partial charge in [-0.1, -0.05) is 12.1 Å². The van der Waals surface area contributed by atoms with Gasteiger partial charge >= 0.3 is 0 Å². The zero-order valence-corrected chi connectivity index (χ0v) is 17.1. The number of rotatable bonds is 6. The topological polar surface area (TPSA) is 44.8 Å². The van der Waals surface area contributed by atoms with E-state index in [0.717, 1.165) is 57.1 Å². The molecule has 1 N–H and O–H groups in total. The molecule has 2 heterocycles. The number of halogens is 2. The van der Waals surface area contributed by atoms with Gasteiger partial charge in [0, 0.05) is 32.6 Å². The van der Waals surface area contributed by atoms with Gasteiger partial charge in [0.05, 0.1) is 12.3 Å². The molecule has 0 aliphatic carbocycles. The summed E-state index contributed by atoms with van der Waals surface area (Å²) < 4.78 is 5.73. The Morgan fingerprint density at radius 3 is 2.58 bits per heavy atom. The maximum Gasteiger partial charge on any atom is 0.222 e. The van der Waals surface area contributed by atoms with Crippen molar-refractivity contribution >= 4 is 36.4 Å². The summed E-state index contributed by atoms with van der Waals surface area (Å²) in [7, 11) is 0. The lowest BCUT2D eigenvalue weighted by atomic mass is 10.0. The third kappa shape index (κ3) is 5.93. The van der Waals surface area contributed by atoms with Crippen molar-refractivity contribution in [1.82, 2.24) is 10.2 Å². The van der Waals surface area contributed by atoms with Crippen molar-refractivity contribution in [3.05, 3.63) is 24.3 Å². The first-order chi connectivity index (χ1) is 11.8. The number of hydrogen-bond acceptors (Lipinski definition) is 4. The van der Waals surface area contributed by atoms with Gasteiger partial charge in [0.25, 0.3) is 0 Å². The lowest BCUT2D eigenvalue weighted by molar-refractivity contribution is -0.131. The van der Waals surface area contributed by atoms with Gasteiger partial charge in [-0.15, -0.1) is 24.8 Å². The molecule has 1 aromatic carbocycles. The van der Waals surface area contributed by atoms with Gasteiger partial charge in [-0.2, -0.15) is 0 Å². The van der Waals surface area contributed by atoms with Crippen LogP contribution in [0.5, 0.6) is 5.75 Å². The molecule has 0 aromatic heterocycles. The van der Waals surface area contributed by atoms with Gasteiger partial charge in [-0.3, -0.25) is 4.79 Å². The molecule has 2 fully saturated rings. The molecular formula is C19H31Cl2N3O2. The molecule has 3 rings (SSSR count). The van der Waals surface area contributed by atoms with Crippen molar-refractivity contribution in [3.8, 4) is 5.75 Å². The minimum Gasteiger partial charge on any atom is -0.492 e. The van der Waals surface area contributed by atoms with Crippen molar-refractivity contribution in [2.45, 2.75) is 26.2 Å². The van der Waals surface area contributed by atoms with Crippen LogP contribution in [0.25, 0.3) is 0 Å². The van der Waals surface area contributed by atoms with Crippen molar-refractivity contribution in [2.24, 2.45) is 5.92 Å². The van der Waals surface area contributed by atoms with Crippen molar-refractivity contribution in [2.75, 3.05) is 50.8 Å². The number of amides is 1. The number of piperazine rings is 1. The second-order valence-electron chi connectivity index (χ2n) is 6.67. The molecule has 0 bridgehead atoms. The molecule has 5 nitrogen and oxygen atoms in total. The highest BCUT2D eigenvalue weighted by Gasteiger charge is 2.24. The highest BCUT2D eigenvalue weighted by molar-refractivity contribution is 5.85. The maximum atomic E-state index is 12.4. The number of anilines is 1. The van der Waals surface area contributed by atoms with Gasteiger partial charge in [0.2, 0.25) is 5.91 Å². The fourth-order valence-corrected chi connectivity index (χ4v) is 3.64. The monoisotopic (exact) mass is 403 g/mol. The van der Waals surface area contributed by atoms with Crippen LogP contribution >= 0.6 is 24.8 Å². The summed E-state index contributed by atoms with van der Waals surface area (Å²) in [5, 5.41) is 3.37. The molecule has 0 spiro atoms. The van der Waals surface area contributed by atoms with Crippen LogP contribution in [0.15, 0.2) is 24.3 Å². The Morgan fingerprint density at radius 1 is 1.19 bits per heavy atom. The van der Waals surface area contributed by atoms with E-state index in [4.69, 9.17) is 4.74 Å². The van der Waals surface area contributed by atoms with E-state index >= 15 is 0 Å². The average Bonchev–Trinajstić information content (AvgIpc) is 3.14. The largest absolute Gasteiger partial charge is 0.492 e. The van der Waals surface area contributed by atoms with Gasteiger partial charge in [-0.25, -0.2) is 0 Å². The van der Waals surface area contributed by atoms with Crippen LogP contribution in [-0.2, 0) is 4.79 Å². The van der Waals surface area contributed by atoms with E-state index in [1.807, 2.05) is 30.0 Å². The molecule has 0 radical (unpaired) electrons. The third-order valence-electron chi connectivity index (χ3n) is 5.07. The number of carbonyl (C=O) groups is 1. The van der Waals surface area contributed by atoms with Crippen LogP contribution < -0.4 is 15.0 Å². The number of nitrogens with zero attached hydrogens (tertiary/aromatic N) is 2. The Labute approximate surface area is 169 Å². The van der Waals surface area contributed by atoms with E-state index < -0.39 is 0 Å². The molecule has 1 unspecified atom stereocenters. The van der Waals surface area contributed by atoms with Crippen molar-refractivity contribution < 1.29 is 9.53 Å². The van der Waals surface area contributed by atoms with E-state index in [9.17, 15) is 4.79 Å². The second-order valence-corrected chi connectivity index (χ2v) is 6.67. The molecule has 2 saturated heterocycles. The van der Waals surface area contributed by atoms with Crippen LogP contribution in [0.3, 0.4) is 0 Å². The highest BCUT2D eigenvalue weighted by Crippen LogP contribution is 2.29. The van der Waals surface area contributed by atoms with Gasteiger partial charge in [0.1, 0.15) is 5.75 Å². The third-order valence-corrected chi connectivity index (χ3v) is 5.07. The normalized spacial score (nSPS) is 19.5. The number of benzene rings is 1. The summed E-state index contributed by atoms with van der Waals surface area (Å²) in [5.41, 5.74) is 1.14. The van der Waals surface area contributed by atoms with Crippen molar-refractivity contribution in [1.29, 1.82) is 0 Å². The van der Waals surface area contributed by atoms with Crippen LogP contribution in [-0.4, -0.2) is 56.7 Å². The molecule has 1 aromatic rings. The summed E-state index contributed by atoms with van der Waals surface area (Å²) >= 11 is 0. The number of para-hydroxylation sites is 2. The van der Waals surface area contributed by atoms with Crippen LogP contribution in [0.2, 0.25) is 0 Å². The van der Waals surface area contributed by atoms with E-state index in [1.165, 1.54) is 6.42 Å². The fourth-order valence-electron chi connectivity index (χ4n) is 3.64. The van der Waals surface area contributed by atoms with Crippen molar-refractivity contribution in [3.63, 3.8) is 0 Å². The SMILES string of the molecule is CCOc1ccccc1N1CCN(C(=O)CCC2CCNC2)CC1.Cl.Cl. The summed E-state index contributed by atoms with van der Waals surface area (Å²) in [6.07, 6.45) is 2.94. The zero-order valence-electron chi connectivity index (χ0n) is 15.5. The number of ether oxygens (including phenoxy) is 1. The Kier molecular flexibility index (Phi) is 10.1. The predicted molar refractivity (Wildman–Crippen MR) is 111 cm³/mol. The van der Waals surface area contributed by atoms with Gasteiger partial charge in [-0.05, 0) is 50.9 Å². The Morgan fingerprint density at radius 2 is 1.92 bits per heavy atom. The van der Waals surface area contributed by atoms with Gasteiger partial charge < -0.3 is 19.9 Å². The molecule has 1 amide bonds. The summed E-state index contributed by atoms with van der Waals surface area (Å²) in [5.74, 6) is 1.95. The Balaban J connectivity index is 0.00000169. The molecule has 0 saturated carbocycles. The Hall–Kier alpha value is -1.17. The second kappa shape index (κ2) is 11.5. The van der Waals surface area contributed by atoms with Crippen LogP contribution in [0.4, 0.5) is 5.69 Å². The number of hydrogen-bond donors (Lipinski definition) is 1. The van der Waals surface area contributed by atoms with E-state index in [0.29, 0.717) is 24.9 Å². The average molecular weight is 404 g/mol. The fraction of sp³-hybridized carbons (Fsp3) is 0.632. The molecule has 2 aliphatic rings. The smallest absolute Gasteiger partial charge is 0.222 e. The van der Waals surface area contributed by atoms with Gasteiger partial charge in [0.15, 0.2) is 0 Å². The molecular weight excluding hydrogens is 373 g/mol. The number of carbonyl (C=O) groups excluding carboxylic acids is 1. The summed E-state index contributed by atoms with van der Waals surface area (Å²) in [4.78, 5) is 16.8. The lowest BCUT2D eigenvalue weighted by Crippen LogP contribution is -2.48. The predicted octanol–water partition coefficient (Wildman–Crippen LogP) is 2.97. The molecule has 148 valence electrons. The molecule has 1 atom stereocenters. The Bertz CT molecular complexity index is 545. The van der Waals surface area contributed by atoms with Crippen LogP contribution in [0, 0.1) is 5.92 Å². The first-order valence-corrected chi connectivity index (χ1v) is 9.23. The zero-order chi connectivity index (χ0) is 16.8. The molecule has 7 heteroatoms. The van der Waals surface area contributed by atoms with E-state index in [1.54, 1.807) is 0 Å². The summed E-state index contributed by atoms with van der Waals surface area (Å²) in [6, 6.07) is 8.18. The quantitative estimate of drug-likeness (QED) is 0.792. The first-order valence-electron chi connectivity index (χ1n) is 9.23. The minimum atomic E-state index is 0. The van der Waals surface area contributed by atoms with E-state index in [-0.39, 0.29) is 24.8 Å². The van der Waals surface area contributed by atoms with Crippen LogP contribution in [0.1, 0.15) is 26.2 Å². The molecule has 2 aliphatic heterocycles. The lowest BCUT2D eigenvalue weighted by Gasteiger charge is -2.37. The first kappa shape index (κ1) is 22.9. The standard InChI is InChI=1S/C19H29N3O2.2ClH/c1-2-24-18-6-4-3-5-17(18)21-11-13-22(14-12-21)19(23)8-7-16-9-10-20-15-16;;/h3-6,16,20H,2,7-15H2,1H3;2*1H. The molecule has 26 heavy (non-hydrogen) atoms. The summed E-state index contributed by atoms with van der Waals surface area (Å²) in [6.45, 7) is 8.23. The van der Waals surface area contributed by atoms with E-state index in [2.05, 4.69) is 16.3 Å². The maximum absolute atomic E-state index is 12.4. The minimum absolute atomic E-state index is 0.